The van der Waals surface area contributed by atoms with Crippen molar-refractivity contribution < 1.29 is 14.3 Å². The van der Waals surface area contributed by atoms with E-state index in [0.717, 1.165) is 12.0 Å². The number of carbonyl (C=O) groups excluding carboxylic acids is 2. The van der Waals surface area contributed by atoms with E-state index in [1.165, 1.54) is 0 Å². The Morgan fingerprint density at radius 1 is 1.27 bits per heavy atom. The molecule has 2 amide bonds. The Labute approximate surface area is 131 Å². The van der Waals surface area contributed by atoms with E-state index < -0.39 is 6.04 Å². The molecular weight excluding hydrogens is 280 g/mol. The standard InChI is InChI=1S/C17H24N2O3/c1-4-12(2)15-16(20)18-14(17(21)19(15)3)11-22-10-13-8-6-5-7-9-13/h5-9,12,14-15H,4,10-11H2,1-3H3,(H,18,20)/t12-,14-,15-/m0/s1. The quantitative estimate of drug-likeness (QED) is 0.868. The van der Waals surface area contributed by atoms with Gasteiger partial charge in [0.25, 0.3) is 0 Å². The molecule has 0 unspecified atom stereocenters. The fraction of sp³-hybridized carbons (Fsp3) is 0.529. The first-order valence-corrected chi connectivity index (χ1v) is 7.73. The molecule has 1 aliphatic rings. The zero-order chi connectivity index (χ0) is 16.1. The van der Waals surface area contributed by atoms with Crippen LogP contribution in [0, 0.1) is 5.92 Å². The fourth-order valence-electron chi connectivity index (χ4n) is 2.72. The molecule has 0 saturated carbocycles. The number of nitrogens with zero attached hydrogens (tertiary/aromatic N) is 1. The van der Waals surface area contributed by atoms with Crippen molar-refractivity contribution in [3.8, 4) is 0 Å². The molecule has 1 N–H and O–H groups in total. The molecule has 5 nitrogen and oxygen atoms in total. The summed E-state index contributed by atoms with van der Waals surface area (Å²) in [6.45, 7) is 4.63. The van der Waals surface area contributed by atoms with Crippen LogP contribution in [0.5, 0.6) is 0 Å². The van der Waals surface area contributed by atoms with E-state index in [-0.39, 0.29) is 30.4 Å². The first kappa shape index (κ1) is 16.5. The number of piperazine rings is 1. The molecule has 22 heavy (non-hydrogen) atoms. The van der Waals surface area contributed by atoms with Crippen LogP contribution >= 0.6 is 0 Å². The van der Waals surface area contributed by atoms with Gasteiger partial charge in [0.05, 0.1) is 13.2 Å². The third kappa shape index (κ3) is 3.65. The van der Waals surface area contributed by atoms with E-state index in [1.807, 2.05) is 44.2 Å². The lowest BCUT2D eigenvalue weighted by Crippen LogP contribution is -2.64. The molecule has 3 atom stereocenters. The second kappa shape index (κ2) is 7.40. The molecule has 1 aliphatic heterocycles. The molecule has 0 spiro atoms. The van der Waals surface area contributed by atoms with Crippen molar-refractivity contribution in [2.45, 2.75) is 39.0 Å². The molecule has 0 aliphatic carbocycles. The number of hydrogen-bond acceptors (Lipinski definition) is 3. The smallest absolute Gasteiger partial charge is 0.247 e. The summed E-state index contributed by atoms with van der Waals surface area (Å²) in [6, 6.07) is 8.77. The molecule has 120 valence electrons. The Morgan fingerprint density at radius 3 is 2.59 bits per heavy atom. The largest absolute Gasteiger partial charge is 0.374 e. The van der Waals surface area contributed by atoms with Gasteiger partial charge in [-0.3, -0.25) is 9.59 Å². The van der Waals surface area contributed by atoms with Gasteiger partial charge in [-0.2, -0.15) is 0 Å². The van der Waals surface area contributed by atoms with Crippen LogP contribution in [0.4, 0.5) is 0 Å². The Balaban J connectivity index is 1.91. The van der Waals surface area contributed by atoms with Gasteiger partial charge in [0, 0.05) is 7.05 Å². The summed E-state index contributed by atoms with van der Waals surface area (Å²) in [5, 5.41) is 2.79. The monoisotopic (exact) mass is 304 g/mol. The van der Waals surface area contributed by atoms with E-state index in [0.29, 0.717) is 6.61 Å². The SMILES string of the molecule is CC[C@H](C)[C@H]1C(=O)N[C@@H](COCc2ccccc2)C(=O)N1C. The van der Waals surface area contributed by atoms with Gasteiger partial charge in [-0.25, -0.2) is 0 Å². The van der Waals surface area contributed by atoms with Gasteiger partial charge < -0.3 is 15.0 Å². The second-order valence-corrected chi connectivity index (χ2v) is 5.84. The topological polar surface area (TPSA) is 58.6 Å². The van der Waals surface area contributed by atoms with Gasteiger partial charge >= 0.3 is 0 Å². The van der Waals surface area contributed by atoms with Gasteiger partial charge in [0.15, 0.2) is 0 Å². The van der Waals surface area contributed by atoms with E-state index in [4.69, 9.17) is 4.74 Å². The van der Waals surface area contributed by atoms with Crippen LogP contribution in [0.15, 0.2) is 30.3 Å². The average molecular weight is 304 g/mol. The van der Waals surface area contributed by atoms with E-state index >= 15 is 0 Å². The van der Waals surface area contributed by atoms with Crippen LogP contribution in [0.25, 0.3) is 0 Å². The number of likely N-dealkylation sites (N-methyl/N-ethyl adjacent to an activating group) is 1. The zero-order valence-corrected chi connectivity index (χ0v) is 13.4. The lowest BCUT2D eigenvalue weighted by molar-refractivity contribution is -0.151. The molecule has 1 heterocycles. The van der Waals surface area contributed by atoms with E-state index in [2.05, 4.69) is 5.32 Å². The normalized spacial score (nSPS) is 23.3. The highest BCUT2D eigenvalue weighted by Gasteiger charge is 2.40. The predicted molar refractivity (Wildman–Crippen MR) is 84.0 cm³/mol. The second-order valence-electron chi connectivity index (χ2n) is 5.84. The first-order chi connectivity index (χ1) is 10.5. The number of carbonyl (C=O) groups is 2. The lowest BCUT2D eigenvalue weighted by atomic mass is 9.94. The summed E-state index contributed by atoms with van der Waals surface area (Å²) in [5.74, 6) is -0.0390. The van der Waals surface area contributed by atoms with Gasteiger partial charge in [0.2, 0.25) is 11.8 Å². The summed E-state index contributed by atoms with van der Waals surface area (Å²) in [7, 11) is 1.70. The lowest BCUT2D eigenvalue weighted by Gasteiger charge is -2.39. The Morgan fingerprint density at radius 2 is 1.95 bits per heavy atom. The average Bonchev–Trinajstić information content (AvgIpc) is 2.53. The number of ether oxygens (including phenoxy) is 1. The molecule has 1 saturated heterocycles. The number of amides is 2. The van der Waals surface area contributed by atoms with E-state index in [9.17, 15) is 9.59 Å². The molecule has 1 aromatic rings. The molecular formula is C17H24N2O3. The zero-order valence-electron chi connectivity index (χ0n) is 13.4. The Kier molecular flexibility index (Phi) is 5.55. The van der Waals surface area contributed by atoms with Crippen LogP contribution in [0.3, 0.4) is 0 Å². The van der Waals surface area contributed by atoms with Crippen molar-refractivity contribution in [3.63, 3.8) is 0 Å². The predicted octanol–water partition coefficient (Wildman–Crippen LogP) is 1.57. The molecule has 0 aromatic heterocycles. The number of benzene rings is 1. The van der Waals surface area contributed by atoms with Gasteiger partial charge in [-0.05, 0) is 11.5 Å². The first-order valence-electron chi connectivity index (χ1n) is 7.73. The van der Waals surface area contributed by atoms with Crippen LogP contribution in [-0.2, 0) is 20.9 Å². The summed E-state index contributed by atoms with van der Waals surface area (Å²) in [4.78, 5) is 26.2. The fourth-order valence-corrected chi connectivity index (χ4v) is 2.72. The molecule has 1 fully saturated rings. The van der Waals surface area contributed by atoms with Gasteiger partial charge in [0.1, 0.15) is 12.1 Å². The molecule has 0 radical (unpaired) electrons. The third-order valence-corrected chi connectivity index (χ3v) is 4.23. The summed E-state index contributed by atoms with van der Waals surface area (Å²) in [6.07, 6.45) is 0.852. The molecule has 0 bridgehead atoms. The molecule has 5 heteroatoms. The number of nitrogens with one attached hydrogen (secondary N) is 1. The van der Waals surface area contributed by atoms with Crippen molar-refractivity contribution in [3.05, 3.63) is 35.9 Å². The van der Waals surface area contributed by atoms with Crippen LogP contribution in [0.2, 0.25) is 0 Å². The molecule has 2 rings (SSSR count). The number of rotatable bonds is 6. The Hall–Kier alpha value is -1.88. The molecule has 1 aromatic carbocycles. The van der Waals surface area contributed by atoms with Crippen molar-refractivity contribution in [2.75, 3.05) is 13.7 Å². The van der Waals surface area contributed by atoms with Crippen molar-refractivity contribution >= 4 is 11.8 Å². The third-order valence-electron chi connectivity index (χ3n) is 4.23. The summed E-state index contributed by atoms with van der Waals surface area (Å²) in [5.41, 5.74) is 1.04. The summed E-state index contributed by atoms with van der Waals surface area (Å²) < 4.78 is 5.59. The highest BCUT2D eigenvalue weighted by Crippen LogP contribution is 2.18. The van der Waals surface area contributed by atoms with Crippen molar-refractivity contribution in [1.82, 2.24) is 10.2 Å². The van der Waals surface area contributed by atoms with Gasteiger partial charge in [-0.1, -0.05) is 50.6 Å². The minimum atomic E-state index is -0.596. The maximum atomic E-state index is 12.4. The van der Waals surface area contributed by atoms with E-state index in [1.54, 1.807) is 11.9 Å². The minimum Gasteiger partial charge on any atom is -0.374 e. The van der Waals surface area contributed by atoms with Crippen LogP contribution < -0.4 is 5.32 Å². The van der Waals surface area contributed by atoms with Crippen molar-refractivity contribution in [2.24, 2.45) is 5.92 Å². The Bertz CT molecular complexity index is 518. The number of hydrogen-bond donors (Lipinski definition) is 1. The highest BCUT2D eigenvalue weighted by molar-refractivity contribution is 5.97. The van der Waals surface area contributed by atoms with Gasteiger partial charge in [-0.15, -0.1) is 0 Å². The summed E-state index contributed by atoms with van der Waals surface area (Å²) >= 11 is 0. The highest BCUT2D eigenvalue weighted by atomic mass is 16.5. The van der Waals surface area contributed by atoms with Crippen LogP contribution in [0.1, 0.15) is 25.8 Å². The van der Waals surface area contributed by atoms with Crippen molar-refractivity contribution in [1.29, 1.82) is 0 Å². The maximum Gasteiger partial charge on any atom is 0.247 e. The minimum absolute atomic E-state index is 0.0852. The van der Waals surface area contributed by atoms with Crippen LogP contribution in [-0.4, -0.2) is 42.5 Å². The maximum absolute atomic E-state index is 12.4.